The maximum atomic E-state index is 11.6. The van der Waals surface area contributed by atoms with E-state index in [2.05, 4.69) is 4.74 Å². The van der Waals surface area contributed by atoms with E-state index in [4.69, 9.17) is 4.74 Å². The number of carbonyl (C=O) groups excluding carboxylic acids is 2. The minimum atomic E-state index is -0.457. The van der Waals surface area contributed by atoms with Gasteiger partial charge in [-0.2, -0.15) is 0 Å². The fraction of sp³-hybridized carbons (Fsp3) is 0.385. The van der Waals surface area contributed by atoms with Crippen LogP contribution in [0.25, 0.3) is 0 Å². The third-order valence-electron chi connectivity index (χ3n) is 2.40. The molecule has 1 aromatic rings. The van der Waals surface area contributed by atoms with Crippen LogP contribution in [0.1, 0.15) is 5.56 Å². The van der Waals surface area contributed by atoms with Crippen LogP contribution in [0.3, 0.4) is 0 Å². The summed E-state index contributed by atoms with van der Waals surface area (Å²) in [4.78, 5) is 23.9. The number of methoxy groups -OCH3 is 1. The standard InChI is InChI=1S/C13H17NO4/c1-10-4-6-11(7-5-10)18-9-12(15)14(2)8-13(16)17-3/h4-7H,8-9H2,1-3H3. The van der Waals surface area contributed by atoms with Crippen LogP contribution >= 0.6 is 0 Å². The van der Waals surface area contributed by atoms with Crippen molar-refractivity contribution < 1.29 is 19.1 Å². The summed E-state index contributed by atoms with van der Waals surface area (Å²) in [6.07, 6.45) is 0. The molecule has 0 N–H and O–H groups in total. The largest absolute Gasteiger partial charge is 0.484 e. The zero-order valence-electron chi connectivity index (χ0n) is 10.8. The molecular weight excluding hydrogens is 234 g/mol. The number of benzene rings is 1. The molecule has 18 heavy (non-hydrogen) atoms. The average Bonchev–Trinajstić information content (AvgIpc) is 2.37. The lowest BCUT2D eigenvalue weighted by molar-refractivity contribution is -0.146. The van der Waals surface area contributed by atoms with Gasteiger partial charge in [-0.25, -0.2) is 0 Å². The Balaban J connectivity index is 2.41. The highest BCUT2D eigenvalue weighted by atomic mass is 16.5. The third-order valence-corrected chi connectivity index (χ3v) is 2.40. The predicted octanol–water partition coefficient (Wildman–Crippen LogP) is 1.01. The average molecular weight is 251 g/mol. The van der Waals surface area contributed by atoms with Gasteiger partial charge in [0.15, 0.2) is 6.61 Å². The lowest BCUT2D eigenvalue weighted by Gasteiger charge is -2.15. The zero-order valence-corrected chi connectivity index (χ0v) is 10.8. The Morgan fingerprint density at radius 3 is 2.39 bits per heavy atom. The van der Waals surface area contributed by atoms with Gasteiger partial charge < -0.3 is 14.4 Å². The summed E-state index contributed by atoms with van der Waals surface area (Å²) in [5, 5.41) is 0. The van der Waals surface area contributed by atoms with E-state index in [-0.39, 0.29) is 19.1 Å². The first kappa shape index (κ1) is 14.0. The predicted molar refractivity (Wildman–Crippen MR) is 66.3 cm³/mol. The van der Waals surface area contributed by atoms with Crippen LogP contribution in [-0.2, 0) is 14.3 Å². The molecule has 5 nitrogen and oxygen atoms in total. The molecule has 0 atom stereocenters. The number of amides is 1. The van der Waals surface area contributed by atoms with Crippen molar-refractivity contribution in [3.63, 3.8) is 0 Å². The molecule has 0 heterocycles. The number of likely N-dealkylation sites (N-methyl/N-ethyl adjacent to an activating group) is 1. The van der Waals surface area contributed by atoms with Crippen LogP contribution in [0.15, 0.2) is 24.3 Å². The summed E-state index contributed by atoms with van der Waals surface area (Å²) >= 11 is 0. The molecule has 0 saturated carbocycles. The molecule has 0 saturated heterocycles. The summed E-state index contributed by atoms with van der Waals surface area (Å²) < 4.78 is 9.79. The van der Waals surface area contributed by atoms with Gasteiger partial charge in [0.25, 0.3) is 5.91 Å². The number of ether oxygens (including phenoxy) is 2. The van der Waals surface area contributed by atoms with E-state index in [0.29, 0.717) is 5.75 Å². The van der Waals surface area contributed by atoms with Crippen LogP contribution in [0, 0.1) is 6.92 Å². The van der Waals surface area contributed by atoms with Crippen molar-refractivity contribution >= 4 is 11.9 Å². The number of carbonyl (C=O) groups is 2. The molecule has 0 aliphatic heterocycles. The van der Waals surface area contributed by atoms with Crippen LogP contribution in [-0.4, -0.2) is 44.1 Å². The summed E-state index contributed by atoms with van der Waals surface area (Å²) in [5.74, 6) is -0.109. The first-order valence-corrected chi connectivity index (χ1v) is 5.53. The van der Waals surface area contributed by atoms with Gasteiger partial charge in [0.2, 0.25) is 0 Å². The van der Waals surface area contributed by atoms with Crippen molar-refractivity contribution in [1.29, 1.82) is 0 Å². The molecular formula is C13H17NO4. The number of rotatable bonds is 5. The Labute approximate surface area is 106 Å². The second-order valence-electron chi connectivity index (χ2n) is 3.93. The van der Waals surface area contributed by atoms with Crippen LogP contribution < -0.4 is 4.74 Å². The first-order valence-electron chi connectivity index (χ1n) is 5.53. The second kappa shape index (κ2) is 6.64. The van der Waals surface area contributed by atoms with Gasteiger partial charge in [-0.3, -0.25) is 9.59 Å². The van der Waals surface area contributed by atoms with Crippen molar-refractivity contribution in [3.05, 3.63) is 29.8 Å². The van der Waals surface area contributed by atoms with Crippen LogP contribution in [0.4, 0.5) is 0 Å². The molecule has 1 rings (SSSR count). The van der Waals surface area contributed by atoms with E-state index in [0.717, 1.165) is 5.56 Å². The molecule has 5 heteroatoms. The molecule has 1 aromatic carbocycles. The van der Waals surface area contributed by atoms with Crippen molar-refractivity contribution in [1.82, 2.24) is 4.90 Å². The Kier molecular flexibility index (Phi) is 5.17. The third kappa shape index (κ3) is 4.45. The molecule has 0 aromatic heterocycles. The van der Waals surface area contributed by atoms with Crippen molar-refractivity contribution in [2.45, 2.75) is 6.92 Å². The van der Waals surface area contributed by atoms with Crippen LogP contribution in [0.5, 0.6) is 5.75 Å². The van der Waals surface area contributed by atoms with Gasteiger partial charge >= 0.3 is 5.97 Å². The summed E-state index contributed by atoms with van der Waals surface area (Å²) in [5.41, 5.74) is 1.12. The van der Waals surface area contributed by atoms with E-state index in [9.17, 15) is 9.59 Å². The maximum absolute atomic E-state index is 11.6. The topological polar surface area (TPSA) is 55.8 Å². The maximum Gasteiger partial charge on any atom is 0.325 e. The normalized spacial score (nSPS) is 9.72. The molecule has 1 amide bonds. The molecule has 0 bridgehead atoms. The molecule has 0 spiro atoms. The second-order valence-corrected chi connectivity index (χ2v) is 3.93. The lowest BCUT2D eigenvalue weighted by atomic mass is 10.2. The fourth-order valence-corrected chi connectivity index (χ4v) is 1.24. The Hall–Kier alpha value is -2.04. The minimum Gasteiger partial charge on any atom is -0.484 e. The van der Waals surface area contributed by atoms with Gasteiger partial charge in [0, 0.05) is 7.05 Å². The molecule has 0 aliphatic carbocycles. The molecule has 0 fully saturated rings. The smallest absolute Gasteiger partial charge is 0.325 e. The molecule has 98 valence electrons. The Morgan fingerprint density at radius 2 is 1.83 bits per heavy atom. The van der Waals surface area contributed by atoms with E-state index in [1.54, 1.807) is 12.1 Å². The summed E-state index contributed by atoms with van der Waals surface area (Å²) in [6, 6.07) is 7.39. The fourth-order valence-electron chi connectivity index (χ4n) is 1.24. The van der Waals surface area contributed by atoms with Gasteiger partial charge in [-0.15, -0.1) is 0 Å². The number of hydrogen-bond donors (Lipinski definition) is 0. The van der Waals surface area contributed by atoms with E-state index in [1.807, 2.05) is 19.1 Å². The van der Waals surface area contributed by atoms with E-state index >= 15 is 0 Å². The molecule has 0 unspecified atom stereocenters. The lowest BCUT2D eigenvalue weighted by Crippen LogP contribution is -2.35. The quantitative estimate of drug-likeness (QED) is 0.733. The highest BCUT2D eigenvalue weighted by molar-refractivity contribution is 5.82. The minimum absolute atomic E-state index is 0.0768. The Morgan fingerprint density at radius 1 is 1.22 bits per heavy atom. The SMILES string of the molecule is COC(=O)CN(C)C(=O)COc1ccc(C)cc1. The molecule has 0 radical (unpaired) electrons. The van der Waals surface area contributed by atoms with E-state index < -0.39 is 5.97 Å². The first-order chi connectivity index (χ1) is 8.52. The number of nitrogens with zero attached hydrogens (tertiary/aromatic N) is 1. The monoisotopic (exact) mass is 251 g/mol. The van der Waals surface area contributed by atoms with E-state index in [1.165, 1.54) is 19.1 Å². The van der Waals surface area contributed by atoms with Crippen molar-refractivity contribution in [2.24, 2.45) is 0 Å². The van der Waals surface area contributed by atoms with Gasteiger partial charge in [-0.05, 0) is 19.1 Å². The number of esters is 1. The van der Waals surface area contributed by atoms with Crippen molar-refractivity contribution in [3.8, 4) is 5.75 Å². The number of hydrogen-bond acceptors (Lipinski definition) is 4. The summed E-state index contributed by atoms with van der Waals surface area (Å²) in [7, 11) is 2.81. The molecule has 0 aliphatic rings. The highest BCUT2D eigenvalue weighted by Crippen LogP contribution is 2.11. The van der Waals surface area contributed by atoms with Gasteiger partial charge in [0.1, 0.15) is 12.3 Å². The summed E-state index contributed by atoms with van der Waals surface area (Å²) in [6.45, 7) is 1.79. The number of aryl methyl sites for hydroxylation is 1. The zero-order chi connectivity index (χ0) is 13.5. The van der Waals surface area contributed by atoms with Crippen LogP contribution in [0.2, 0.25) is 0 Å². The Bertz CT molecular complexity index is 414. The van der Waals surface area contributed by atoms with Gasteiger partial charge in [-0.1, -0.05) is 17.7 Å². The van der Waals surface area contributed by atoms with Crippen molar-refractivity contribution in [2.75, 3.05) is 27.3 Å². The highest BCUT2D eigenvalue weighted by Gasteiger charge is 2.13. The van der Waals surface area contributed by atoms with Gasteiger partial charge in [0.05, 0.1) is 7.11 Å².